The van der Waals surface area contributed by atoms with E-state index < -0.39 is 0 Å². The van der Waals surface area contributed by atoms with Gasteiger partial charge in [0.15, 0.2) is 0 Å². The van der Waals surface area contributed by atoms with Crippen LogP contribution in [0, 0.1) is 17.2 Å². The fourth-order valence-corrected chi connectivity index (χ4v) is 2.60. The quantitative estimate of drug-likeness (QED) is 0.910. The lowest BCUT2D eigenvalue weighted by Crippen LogP contribution is -2.34. The zero-order valence-electron chi connectivity index (χ0n) is 11.9. The summed E-state index contributed by atoms with van der Waals surface area (Å²) >= 11 is 0. The van der Waals surface area contributed by atoms with Crippen molar-refractivity contribution < 1.29 is 4.79 Å². The number of carbonyl (C=O) groups is 1. The summed E-state index contributed by atoms with van der Waals surface area (Å²) in [6.07, 6.45) is 2.91. The topological polar surface area (TPSA) is 56.1 Å². The Hall–Kier alpha value is -1.86. The highest BCUT2D eigenvalue weighted by molar-refractivity contribution is 5.76. The minimum atomic E-state index is 0.182. The summed E-state index contributed by atoms with van der Waals surface area (Å²) < 4.78 is 0. The second-order valence-electron chi connectivity index (χ2n) is 5.48. The molecule has 1 fully saturated rings. The summed E-state index contributed by atoms with van der Waals surface area (Å²) in [4.78, 5) is 14.0. The Balaban J connectivity index is 1.88. The van der Waals surface area contributed by atoms with Crippen molar-refractivity contribution in [3.05, 3.63) is 35.4 Å². The van der Waals surface area contributed by atoms with Gasteiger partial charge in [-0.2, -0.15) is 5.26 Å². The number of nitrogens with zero attached hydrogens (tertiary/aromatic N) is 2. The molecule has 4 heteroatoms. The average molecular weight is 271 g/mol. The number of amides is 1. The Morgan fingerprint density at radius 2 is 2.40 bits per heavy atom. The Bertz CT molecular complexity index is 501. The molecule has 1 N–H and O–H groups in total. The molecular weight excluding hydrogens is 250 g/mol. The predicted octanol–water partition coefficient (Wildman–Crippen LogP) is 1.91. The van der Waals surface area contributed by atoms with Gasteiger partial charge in [-0.1, -0.05) is 12.1 Å². The van der Waals surface area contributed by atoms with Crippen molar-refractivity contribution in [2.75, 3.05) is 20.1 Å². The minimum absolute atomic E-state index is 0.182. The second-order valence-corrected chi connectivity index (χ2v) is 5.48. The third-order valence-electron chi connectivity index (χ3n) is 3.76. The van der Waals surface area contributed by atoms with Crippen LogP contribution in [0.5, 0.6) is 0 Å². The molecule has 1 aliphatic rings. The van der Waals surface area contributed by atoms with Gasteiger partial charge in [-0.25, -0.2) is 0 Å². The predicted molar refractivity (Wildman–Crippen MR) is 77.8 cm³/mol. The first-order chi connectivity index (χ1) is 9.69. The molecule has 0 aromatic heterocycles. The molecule has 0 bridgehead atoms. The van der Waals surface area contributed by atoms with Gasteiger partial charge in [-0.3, -0.25) is 4.79 Å². The van der Waals surface area contributed by atoms with Crippen LogP contribution in [0.4, 0.5) is 0 Å². The van der Waals surface area contributed by atoms with Crippen LogP contribution < -0.4 is 5.32 Å². The number of hydrogen-bond donors (Lipinski definition) is 1. The van der Waals surface area contributed by atoms with Gasteiger partial charge in [0, 0.05) is 20.0 Å². The van der Waals surface area contributed by atoms with E-state index in [0.717, 1.165) is 31.5 Å². The molecule has 1 amide bonds. The van der Waals surface area contributed by atoms with Crippen LogP contribution in [-0.4, -0.2) is 30.9 Å². The van der Waals surface area contributed by atoms with Crippen LogP contribution in [-0.2, 0) is 11.3 Å². The summed E-state index contributed by atoms with van der Waals surface area (Å²) in [7, 11) is 1.83. The molecular formula is C16H21N3O. The van der Waals surface area contributed by atoms with Crippen molar-refractivity contribution in [3.8, 4) is 6.07 Å². The minimum Gasteiger partial charge on any atom is -0.341 e. The van der Waals surface area contributed by atoms with E-state index in [0.29, 0.717) is 24.4 Å². The van der Waals surface area contributed by atoms with E-state index in [1.54, 1.807) is 11.0 Å². The normalized spacial score (nSPS) is 18.3. The van der Waals surface area contributed by atoms with Gasteiger partial charge in [-0.15, -0.1) is 0 Å². The number of nitrogens with one attached hydrogen (secondary N) is 1. The lowest BCUT2D eigenvalue weighted by molar-refractivity contribution is -0.131. The fourth-order valence-electron chi connectivity index (χ4n) is 2.60. The largest absolute Gasteiger partial charge is 0.341 e. The summed E-state index contributed by atoms with van der Waals surface area (Å²) in [5.41, 5.74) is 1.64. The van der Waals surface area contributed by atoms with Crippen molar-refractivity contribution in [2.24, 2.45) is 5.92 Å². The number of rotatable bonds is 4. The molecule has 1 saturated heterocycles. The SMILES string of the molecule is CN(Cc1cccc(C#N)c1)C(=O)CC1CCCNC1. The van der Waals surface area contributed by atoms with E-state index in [-0.39, 0.29) is 5.91 Å². The maximum Gasteiger partial charge on any atom is 0.222 e. The molecule has 0 saturated carbocycles. The zero-order valence-corrected chi connectivity index (χ0v) is 11.9. The Kier molecular flexibility index (Phi) is 5.14. The molecule has 1 heterocycles. The first-order valence-electron chi connectivity index (χ1n) is 7.13. The van der Waals surface area contributed by atoms with Crippen molar-refractivity contribution >= 4 is 5.91 Å². The average Bonchev–Trinajstić information content (AvgIpc) is 2.48. The van der Waals surface area contributed by atoms with Crippen LogP contribution in [0.3, 0.4) is 0 Å². The van der Waals surface area contributed by atoms with Crippen molar-refractivity contribution in [1.29, 1.82) is 5.26 Å². The van der Waals surface area contributed by atoms with E-state index in [1.165, 1.54) is 0 Å². The van der Waals surface area contributed by atoms with Gasteiger partial charge in [0.05, 0.1) is 11.6 Å². The monoisotopic (exact) mass is 271 g/mol. The molecule has 0 radical (unpaired) electrons. The Morgan fingerprint density at radius 3 is 3.10 bits per heavy atom. The van der Waals surface area contributed by atoms with Crippen molar-refractivity contribution in [2.45, 2.75) is 25.8 Å². The van der Waals surface area contributed by atoms with Crippen LogP contribution in [0.25, 0.3) is 0 Å². The molecule has 20 heavy (non-hydrogen) atoms. The summed E-state index contributed by atoms with van der Waals surface area (Å²) in [6, 6.07) is 9.55. The summed E-state index contributed by atoms with van der Waals surface area (Å²) in [5, 5.41) is 12.2. The molecule has 1 aromatic rings. The molecule has 1 unspecified atom stereocenters. The maximum atomic E-state index is 12.2. The van der Waals surface area contributed by atoms with Crippen LogP contribution in [0.15, 0.2) is 24.3 Å². The second kappa shape index (κ2) is 7.06. The highest BCUT2D eigenvalue weighted by atomic mass is 16.2. The molecule has 4 nitrogen and oxygen atoms in total. The highest BCUT2D eigenvalue weighted by Gasteiger charge is 2.19. The maximum absolute atomic E-state index is 12.2. The van der Waals surface area contributed by atoms with E-state index in [4.69, 9.17) is 5.26 Å². The number of hydrogen-bond acceptors (Lipinski definition) is 3. The lowest BCUT2D eigenvalue weighted by Gasteiger charge is -2.25. The fraction of sp³-hybridized carbons (Fsp3) is 0.500. The highest BCUT2D eigenvalue weighted by Crippen LogP contribution is 2.16. The van der Waals surface area contributed by atoms with Gasteiger partial charge in [0.1, 0.15) is 0 Å². The van der Waals surface area contributed by atoms with E-state index in [9.17, 15) is 4.79 Å². The van der Waals surface area contributed by atoms with Crippen LogP contribution in [0.1, 0.15) is 30.4 Å². The number of benzene rings is 1. The first-order valence-corrected chi connectivity index (χ1v) is 7.13. The molecule has 2 rings (SSSR count). The number of nitriles is 1. The Labute approximate surface area is 120 Å². The Morgan fingerprint density at radius 1 is 1.55 bits per heavy atom. The van der Waals surface area contributed by atoms with Gasteiger partial charge < -0.3 is 10.2 Å². The van der Waals surface area contributed by atoms with Crippen LogP contribution >= 0.6 is 0 Å². The van der Waals surface area contributed by atoms with Gasteiger partial charge >= 0.3 is 0 Å². The third-order valence-corrected chi connectivity index (χ3v) is 3.76. The van der Waals surface area contributed by atoms with Crippen molar-refractivity contribution in [3.63, 3.8) is 0 Å². The standard InChI is InChI=1S/C16H21N3O/c1-19(12-15-5-2-4-13(8-15)10-17)16(20)9-14-6-3-7-18-11-14/h2,4-5,8,14,18H,3,6-7,9,11-12H2,1H3. The molecule has 106 valence electrons. The first kappa shape index (κ1) is 14.5. The van der Waals surface area contributed by atoms with E-state index in [1.807, 2.05) is 25.2 Å². The zero-order chi connectivity index (χ0) is 14.4. The van der Waals surface area contributed by atoms with E-state index in [2.05, 4.69) is 11.4 Å². The lowest BCUT2D eigenvalue weighted by atomic mass is 9.95. The van der Waals surface area contributed by atoms with Gasteiger partial charge in [0.2, 0.25) is 5.91 Å². The molecule has 1 aromatic carbocycles. The molecule has 0 spiro atoms. The van der Waals surface area contributed by atoms with Crippen LogP contribution in [0.2, 0.25) is 0 Å². The molecule has 1 atom stereocenters. The smallest absolute Gasteiger partial charge is 0.222 e. The van der Waals surface area contributed by atoms with Gasteiger partial charge in [0.25, 0.3) is 0 Å². The number of piperidine rings is 1. The van der Waals surface area contributed by atoms with E-state index >= 15 is 0 Å². The number of carbonyl (C=O) groups excluding carboxylic acids is 1. The third kappa shape index (κ3) is 4.07. The summed E-state index contributed by atoms with van der Waals surface area (Å²) in [5.74, 6) is 0.644. The van der Waals surface area contributed by atoms with Gasteiger partial charge in [-0.05, 0) is 49.5 Å². The summed E-state index contributed by atoms with van der Waals surface area (Å²) in [6.45, 7) is 2.58. The molecule has 0 aliphatic carbocycles. The molecule has 1 aliphatic heterocycles. The van der Waals surface area contributed by atoms with Crippen molar-refractivity contribution in [1.82, 2.24) is 10.2 Å².